The van der Waals surface area contributed by atoms with Crippen LogP contribution in [0.1, 0.15) is 25.3 Å². The van der Waals surface area contributed by atoms with E-state index in [4.69, 9.17) is 0 Å². The van der Waals surface area contributed by atoms with E-state index in [1.165, 1.54) is 11.1 Å². The Balaban J connectivity index is 1.47. The molecule has 5 heteroatoms. The van der Waals surface area contributed by atoms with E-state index in [-0.39, 0.29) is 6.03 Å². The van der Waals surface area contributed by atoms with Crippen molar-refractivity contribution in [2.75, 3.05) is 52.9 Å². The summed E-state index contributed by atoms with van der Waals surface area (Å²) in [5, 5.41) is 3.17. The summed E-state index contributed by atoms with van der Waals surface area (Å²) in [5.41, 5.74) is 2.62. The van der Waals surface area contributed by atoms with Gasteiger partial charge in [0.05, 0.1) is 0 Å². The van der Waals surface area contributed by atoms with Crippen LogP contribution in [0.2, 0.25) is 0 Å². The first-order valence-electron chi connectivity index (χ1n) is 9.87. The van der Waals surface area contributed by atoms with Gasteiger partial charge in [0.15, 0.2) is 0 Å². The summed E-state index contributed by atoms with van der Waals surface area (Å²) in [6.45, 7) is 8.86. The van der Waals surface area contributed by atoms with E-state index in [9.17, 15) is 4.79 Å². The summed E-state index contributed by atoms with van der Waals surface area (Å²) >= 11 is 0. The summed E-state index contributed by atoms with van der Waals surface area (Å²) in [7, 11) is 2.17. The van der Waals surface area contributed by atoms with E-state index in [2.05, 4.69) is 59.4 Å². The van der Waals surface area contributed by atoms with Crippen LogP contribution in [0.5, 0.6) is 0 Å². The summed E-state index contributed by atoms with van der Waals surface area (Å²) in [5.74, 6) is 0. The van der Waals surface area contributed by atoms with Gasteiger partial charge in [-0.15, -0.1) is 0 Å². The van der Waals surface area contributed by atoms with Crippen LogP contribution in [0.4, 0.5) is 4.79 Å². The number of nitrogens with one attached hydrogen (secondary N) is 1. The van der Waals surface area contributed by atoms with Crippen molar-refractivity contribution in [3.05, 3.63) is 42.0 Å². The number of likely N-dealkylation sites (N-methyl/N-ethyl adjacent to an activating group) is 1. The van der Waals surface area contributed by atoms with Gasteiger partial charge >= 0.3 is 6.03 Å². The van der Waals surface area contributed by atoms with Gasteiger partial charge in [-0.25, -0.2) is 4.79 Å². The van der Waals surface area contributed by atoms with E-state index in [0.717, 1.165) is 52.1 Å². The molecule has 1 N–H and O–H groups in total. The molecule has 1 saturated heterocycles. The molecule has 2 amide bonds. The Morgan fingerprint density at radius 1 is 1.12 bits per heavy atom. The maximum Gasteiger partial charge on any atom is 0.317 e. The van der Waals surface area contributed by atoms with E-state index in [1.807, 2.05) is 11.0 Å². The minimum atomic E-state index is 0.0703. The Labute approximate surface area is 157 Å². The normalized spacial score (nSPS) is 20.5. The topological polar surface area (TPSA) is 38.8 Å². The van der Waals surface area contributed by atoms with Crippen LogP contribution in [0.3, 0.4) is 0 Å². The number of hydrogen-bond donors (Lipinski definition) is 1. The quantitative estimate of drug-likeness (QED) is 0.881. The van der Waals surface area contributed by atoms with Crippen LogP contribution in [-0.4, -0.2) is 79.6 Å². The Hall–Kier alpha value is -1.85. The Bertz CT molecular complexity index is 608. The van der Waals surface area contributed by atoms with Crippen LogP contribution < -0.4 is 5.32 Å². The number of rotatable bonds is 5. The van der Waals surface area contributed by atoms with Crippen molar-refractivity contribution in [2.24, 2.45) is 0 Å². The predicted molar refractivity (Wildman–Crippen MR) is 107 cm³/mol. The Morgan fingerprint density at radius 2 is 1.85 bits per heavy atom. The highest BCUT2D eigenvalue weighted by molar-refractivity contribution is 5.76. The third-order valence-electron chi connectivity index (χ3n) is 5.66. The van der Waals surface area contributed by atoms with E-state index in [1.54, 1.807) is 0 Å². The number of hydrogen-bond acceptors (Lipinski definition) is 3. The molecule has 3 rings (SSSR count). The SMILES string of the molecule is CC[C@H](CNC(=O)N1CC=C(c2ccccc2)CC1)N1CCN(C)CC1. The first-order chi connectivity index (χ1) is 12.7. The minimum Gasteiger partial charge on any atom is -0.336 e. The first-order valence-corrected chi connectivity index (χ1v) is 9.87. The largest absolute Gasteiger partial charge is 0.336 e. The van der Waals surface area contributed by atoms with Crippen LogP contribution >= 0.6 is 0 Å². The molecule has 0 aromatic heterocycles. The zero-order valence-electron chi connectivity index (χ0n) is 16.2. The van der Waals surface area contributed by atoms with Gasteiger partial charge in [-0.3, -0.25) is 4.90 Å². The lowest BCUT2D eigenvalue weighted by atomic mass is 10.00. The van der Waals surface area contributed by atoms with Gasteiger partial charge in [0, 0.05) is 51.9 Å². The van der Waals surface area contributed by atoms with Crippen molar-refractivity contribution in [3.63, 3.8) is 0 Å². The average molecular weight is 357 g/mol. The molecule has 1 atom stereocenters. The predicted octanol–water partition coefficient (Wildman–Crippen LogP) is 2.51. The van der Waals surface area contributed by atoms with Gasteiger partial charge < -0.3 is 15.1 Å². The molecule has 0 saturated carbocycles. The molecule has 5 nitrogen and oxygen atoms in total. The Kier molecular flexibility index (Phi) is 6.69. The second kappa shape index (κ2) is 9.19. The van der Waals surface area contributed by atoms with Crippen LogP contribution in [0.15, 0.2) is 36.4 Å². The fraction of sp³-hybridized carbons (Fsp3) is 0.571. The second-order valence-corrected chi connectivity index (χ2v) is 7.38. The lowest BCUT2D eigenvalue weighted by Gasteiger charge is -2.38. The molecule has 2 aliphatic heterocycles. The summed E-state index contributed by atoms with van der Waals surface area (Å²) < 4.78 is 0. The molecular formula is C21H32N4O. The number of piperazine rings is 1. The van der Waals surface area contributed by atoms with E-state index in [0.29, 0.717) is 12.6 Å². The van der Waals surface area contributed by atoms with Gasteiger partial charge in [-0.1, -0.05) is 43.3 Å². The smallest absolute Gasteiger partial charge is 0.317 e. The molecule has 0 aliphatic carbocycles. The first kappa shape index (κ1) is 18.9. The molecule has 2 aliphatic rings. The number of carbonyl (C=O) groups is 1. The maximum absolute atomic E-state index is 12.6. The lowest BCUT2D eigenvalue weighted by Crippen LogP contribution is -2.53. The molecule has 26 heavy (non-hydrogen) atoms. The average Bonchev–Trinajstić information content (AvgIpc) is 2.70. The van der Waals surface area contributed by atoms with Crippen LogP contribution in [0.25, 0.3) is 5.57 Å². The third kappa shape index (κ3) is 4.86. The van der Waals surface area contributed by atoms with Crippen LogP contribution in [-0.2, 0) is 0 Å². The van der Waals surface area contributed by atoms with Gasteiger partial charge in [0.25, 0.3) is 0 Å². The van der Waals surface area contributed by atoms with E-state index >= 15 is 0 Å². The summed E-state index contributed by atoms with van der Waals surface area (Å²) in [6.07, 6.45) is 4.19. The highest BCUT2D eigenvalue weighted by Gasteiger charge is 2.23. The molecule has 0 radical (unpaired) electrons. The minimum absolute atomic E-state index is 0.0703. The molecular weight excluding hydrogens is 324 g/mol. The van der Waals surface area contributed by atoms with Crippen molar-refractivity contribution in [3.8, 4) is 0 Å². The molecule has 0 spiro atoms. The highest BCUT2D eigenvalue weighted by atomic mass is 16.2. The third-order valence-corrected chi connectivity index (χ3v) is 5.66. The zero-order valence-corrected chi connectivity index (χ0v) is 16.2. The number of carbonyl (C=O) groups excluding carboxylic acids is 1. The molecule has 1 aromatic carbocycles. The lowest BCUT2D eigenvalue weighted by molar-refractivity contribution is 0.107. The van der Waals surface area contributed by atoms with E-state index < -0.39 is 0 Å². The monoisotopic (exact) mass is 356 g/mol. The van der Waals surface area contributed by atoms with Crippen molar-refractivity contribution in [1.82, 2.24) is 20.0 Å². The summed E-state index contributed by atoms with van der Waals surface area (Å²) in [4.78, 5) is 19.4. The number of urea groups is 1. The molecule has 0 unspecified atom stereocenters. The molecule has 0 bridgehead atoms. The number of amides is 2. The maximum atomic E-state index is 12.6. The fourth-order valence-electron chi connectivity index (χ4n) is 3.80. The molecule has 1 fully saturated rings. The van der Waals surface area contributed by atoms with Gasteiger partial charge in [0.1, 0.15) is 0 Å². The summed E-state index contributed by atoms with van der Waals surface area (Å²) in [6, 6.07) is 11.0. The van der Waals surface area contributed by atoms with Crippen molar-refractivity contribution in [2.45, 2.75) is 25.8 Å². The second-order valence-electron chi connectivity index (χ2n) is 7.38. The standard InChI is InChI=1S/C21H32N4O/c1-3-20(24-15-13-23(2)14-16-24)17-22-21(26)25-11-9-19(10-12-25)18-7-5-4-6-8-18/h4-9,20H,3,10-17H2,1-2H3,(H,22,26)/t20-/m1/s1. The highest BCUT2D eigenvalue weighted by Crippen LogP contribution is 2.21. The van der Waals surface area contributed by atoms with Crippen molar-refractivity contribution in [1.29, 1.82) is 0 Å². The van der Waals surface area contributed by atoms with Gasteiger partial charge in [0.2, 0.25) is 0 Å². The van der Waals surface area contributed by atoms with Crippen molar-refractivity contribution >= 4 is 11.6 Å². The fourth-order valence-corrected chi connectivity index (χ4v) is 3.80. The van der Waals surface area contributed by atoms with Gasteiger partial charge in [-0.05, 0) is 31.0 Å². The molecule has 1 aromatic rings. The molecule has 2 heterocycles. The molecule has 142 valence electrons. The Morgan fingerprint density at radius 3 is 2.46 bits per heavy atom. The van der Waals surface area contributed by atoms with Crippen LogP contribution in [0, 0.1) is 0 Å². The zero-order chi connectivity index (χ0) is 18.4. The van der Waals surface area contributed by atoms with Gasteiger partial charge in [-0.2, -0.15) is 0 Å². The number of benzene rings is 1. The van der Waals surface area contributed by atoms with Crippen molar-refractivity contribution < 1.29 is 4.79 Å². The number of nitrogens with zero attached hydrogens (tertiary/aromatic N) is 3.